The van der Waals surface area contributed by atoms with Crippen molar-refractivity contribution in [3.05, 3.63) is 18.3 Å². The smallest absolute Gasteiger partial charge is 0.187 e. The van der Waals surface area contributed by atoms with Crippen LogP contribution in [0.4, 0.5) is 5.69 Å². The second kappa shape index (κ2) is 2.93. The van der Waals surface area contributed by atoms with E-state index in [1.165, 1.54) is 0 Å². The Balaban J connectivity index is 2.89. The highest BCUT2D eigenvalue weighted by atomic mass is 32.2. The SMILES string of the molecule is CS(=O)(=O)c1sc2cccnc2c1N. The molecule has 0 bridgehead atoms. The van der Waals surface area contributed by atoms with Gasteiger partial charge in [0.1, 0.15) is 9.73 Å². The highest BCUT2D eigenvalue weighted by Gasteiger charge is 2.18. The van der Waals surface area contributed by atoms with E-state index >= 15 is 0 Å². The van der Waals surface area contributed by atoms with Gasteiger partial charge in [-0.3, -0.25) is 4.98 Å². The minimum atomic E-state index is -3.24. The normalized spacial score (nSPS) is 12.1. The van der Waals surface area contributed by atoms with Crippen LogP contribution in [-0.4, -0.2) is 19.7 Å². The number of thiophene rings is 1. The molecule has 4 nitrogen and oxygen atoms in total. The van der Waals surface area contributed by atoms with E-state index in [-0.39, 0.29) is 9.90 Å². The summed E-state index contributed by atoms with van der Waals surface area (Å²) >= 11 is 1.16. The van der Waals surface area contributed by atoms with Gasteiger partial charge in [0.05, 0.1) is 10.4 Å². The molecule has 0 fully saturated rings. The molecule has 0 aliphatic carbocycles. The van der Waals surface area contributed by atoms with Gasteiger partial charge in [-0.2, -0.15) is 0 Å². The fourth-order valence-corrected chi connectivity index (χ4v) is 3.39. The van der Waals surface area contributed by atoms with E-state index in [0.29, 0.717) is 5.52 Å². The van der Waals surface area contributed by atoms with Crippen LogP contribution in [-0.2, 0) is 9.84 Å². The molecule has 2 aromatic heterocycles. The van der Waals surface area contributed by atoms with Gasteiger partial charge in [0.15, 0.2) is 9.84 Å². The Hall–Kier alpha value is -1.14. The molecule has 2 aromatic rings. The van der Waals surface area contributed by atoms with Crippen LogP contribution >= 0.6 is 11.3 Å². The van der Waals surface area contributed by atoms with Crippen LogP contribution in [0.3, 0.4) is 0 Å². The number of anilines is 1. The Morgan fingerprint density at radius 3 is 2.79 bits per heavy atom. The van der Waals surface area contributed by atoms with Crippen molar-refractivity contribution in [3.8, 4) is 0 Å². The predicted octanol–water partition coefficient (Wildman–Crippen LogP) is 1.28. The number of nitrogens with zero attached hydrogens (tertiary/aromatic N) is 1. The maximum Gasteiger partial charge on any atom is 0.187 e. The Labute approximate surface area is 85.3 Å². The summed E-state index contributed by atoms with van der Waals surface area (Å²) in [6.07, 6.45) is 2.74. The first kappa shape index (κ1) is 9.42. The van der Waals surface area contributed by atoms with Gasteiger partial charge < -0.3 is 5.73 Å². The van der Waals surface area contributed by atoms with Crippen LogP contribution in [0, 0.1) is 0 Å². The van der Waals surface area contributed by atoms with E-state index in [1.54, 1.807) is 18.3 Å². The lowest BCUT2D eigenvalue weighted by atomic mass is 10.4. The number of nitrogen functional groups attached to an aromatic ring is 1. The molecular formula is C8H8N2O2S2. The van der Waals surface area contributed by atoms with Gasteiger partial charge in [-0.15, -0.1) is 11.3 Å². The van der Waals surface area contributed by atoms with E-state index in [2.05, 4.69) is 4.98 Å². The van der Waals surface area contributed by atoms with Crippen molar-refractivity contribution in [2.45, 2.75) is 4.21 Å². The molecule has 74 valence electrons. The van der Waals surface area contributed by atoms with Crippen LogP contribution in [0.1, 0.15) is 0 Å². The molecule has 14 heavy (non-hydrogen) atoms. The van der Waals surface area contributed by atoms with Crippen LogP contribution in [0.5, 0.6) is 0 Å². The number of hydrogen-bond acceptors (Lipinski definition) is 5. The first-order chi connectivity index (χ1) is 6.50. The van der Waals surface area contributed by atoms with Crippen LogP contribution < -0.4 is 5.73 Å². The molecule has 2 N–H and O–H groups in total. The molecule has 6 heteroatoms. The largest absolute Gasteiger partial charge is 0.395 e. The second-order valence-corrected chi connectivity index (χ2v) is 6.19. The van der Waals surface area contributed by atoms with Gasteiger partial charge in [0.2, 0.25) is 0 Å². The molecule has 0 aliphatic rings. The zero-order valence-electron chi connectivity index (χ0n) is 7.39. The Kier molecular flexibility index (Phi) is 1.97. The number of hydrogen-bond donors (Lipinski definition) is 1. The lowest BCUT2D eigenvalue weighted by Gasteiger charge is -1.93. The molecule has 0 unspecified atom stereocenters. The van der Waals surface area contributed by atoms with Gasteiger partial charge in [-0.1, -0.05) is 0 Å². The van der Waals surface area contributed by atoms with E-state index in [4.69, 9.17) is 5.73 Å². The fraction of sp³-hybridized carbons (Fsp3) is 0.125. The first-order valence-corrected chi connectivity index (χ1v) is 6.54. The van der Waals surface area contributed by atoms with Gasteiger partial charge in [0.25, 0.3) is 0 Å². The average molecular weight is 228 g/mol. The lowest BCUT2D eigenvalue weighted by Crippen LogP contribution is -1.98. The van der Waals surface area contributed by atoms with Crippen molar-refractivity contribution >= 4 is 37.1 Å². The molecule has 0 radical (unpaired) electrons. The monoisotopic (exact) mass is 228 g/mol. The van der Waals surface area contributed by atoms with E-state index in [1.807, 2.05) is 0 Å². The van der Waals surface area contributed by atoms with Crippen molar-refractivity contribution in [3.63, 3.8) is 0 Å². The maximum atomic E-state index is 11.3. The minimum absolute atomic E-state index is 0.200. The standard InChI is InChI=1S/C8H8N2O2S2/c1-14(11,12)8-6(9)7-5(13-8)3-2-4-10-7/h2-4H,9H2,1H3. The number of nitrogens with two attached hydrogens (primary N) is 1. The molecule has 0 spiro atoms. The molecule has 0 saturated heterocycles. The van der Waals surface area contributed by atoms with E-state index in [0.717, 1.165) is 22.3 Å². The molecule has 0 amide bonds. The molecule has 0 aromatic carbocycles. The summed E-state index contributed by atoms with van der Waals surface area (Å²) in [6, 6.07) is 3.56. The van der Waals surface area contributed by atoms with Gasteiger partial charge in [-0.05, 0) is 12.1 Å². The zero-order chi connectivity index (χ0) is 10.3. The number of sulfone groups is 1. The Bertz CT molecular complexity index is 586. The van der Waals surface area contributed by atoms with Crippen LogP contribution in [0.25, 0.3) is 10.2 Å². The van der Waals surface area contributed by atoms with Crippen LogP contribution in [0.15, 0.2) is 22.5 Å². The second-order valence-electron chi connectivity index (χ2n) is 2.93. The molecule has 0 aliphatic heterocycles. The molecule has 0 saturated carbocycles. The van der Waals surface area contributed by atoms with Crippen molar-refractivity contribution in [2.24, 2.45) is 0 Å². The number of fused-ring (bicyclic) bond motifs is 1. The molecular weight excluding hydrogens is 220 g/mol. The highest BCUT2D eigenvalue weighted by Crippen LogP contribution is 2.34. The zero-order valence-corrected chi connectivity index (χ0v) is 9.02. The summed E-state index contributed by atoms with van der Waals surface area (Å²) in [5.74, 6) is 0. The van der Waals surface area contributed by atoms with Crippen LogP contribution in [0.2, 0.25) is 0 Å². The van der Waals surface area contributed by atoms with Crippen molar-refractivity contribution in [2.75, 3.05) is 12.0 Å². The lowest BCUT2D eigenvalue weighted by molar-refractivity contribution is 0.604. The molecule has 2 rings (SSSR count). The van der Waals surface area contributed by atoms with E-state index < -0.39 is 9.84 Å². The number of rotatable bonds is 1. The Morgan fingerprint density at radius 1 is 1.50 bits per heavy atom. The van der Waals surface area contributed by atoms with Gasteiger partial charge >= 0.3 is 0 Å². The van der Waals surface area contributed by atoms with Crippen molar-refractivity contribution in [1.29, 1.82) is 0 Å². The molecule has 2 heterocycles. The number of pyridine rings is 1. The van der Waals surface area contributed by atoms with E-state index in [9.17, 15) is 8.42 Å². The van der Waals surface area contributed by atoms with Gasteiger partial charge in [0, 0.05) is 12.5 Å². The van der Waals surface area contributed by atoms with Crippen molar-refractivity contribution < 1.29 is 8.42 Å². The average Bonchev–Trinajstić information content (AvgIpc) is 2.44. The third-order valence-corrected chi connectivity index (χ3v) is 4.79. The minimum Gasteiger partial charge on any atom is -0.395 e. The summed E-state index contributed by atoms with van der Waals surface area (Å²) in [5.41, 5.74) is 6.52. The number of aromatic nitrogens is 1. The Morgan fingerprint density at radius 2 is 2.21 bits per heavy atom. The third kappa shape index (κ3) is 1.36. The maximum absolute atomic E-state index is 11.3. The topological polar surface area (TPSA) is 73.0 Å². The summed E-state index contributed by atoms with van der Waals surface area (Å²) in [6.45, 7) is 0. The first-order valence-electron chi connectivity index (χ1n) is 3.83. The highest BCUT2D eigenvalue weighted by molar-refractivity contribution is 7.93. The summed E-state index contributed by atoms with van der Waals surface area (Å²) in [7, 11) is -3.24. The van der Waals surface area contributed by atoms with Crippen molar-refractivity contribution in [1.82, 2.24) is 4.98 Å². The van der Waals surface area contributed by atoms with Gasteiger partial charge in [-0.25, -0.2) is 8.42 Å². The molecule has 0 atom stereocenters. The third-order valence-electron chi connectivity index (χ3n) is 1.79. The summed E-state index contributed by atoms with van der Waals surface area (Å²) < 4.78 is 23.6. The fourth-order valence-electron chi connectivity index (χ4n) is 1.20. The summed E-state index contributed by atoms with van der Waals surface area (Å²) in [4.78, 5) is 4.04. The quantitative estimate of drug-likeness (QED) is 0.798. The predicted molar refractivity (Wildman–Crippen MR) is 57.1 cm³/mol. The summed E-state index contributed by atoms with van der Waals surface area (Å²) in [5, 5.41) is 0.